The van der Waals surface area contributed by atoms with Crippen LogP contribution >= 0.6 is 0 Å². The summed E-state index contributed by atoms with van der Waals surface area (Å²) in [6.45, 7) is 3.71. The number of benzene rings is 2. The van der Waals surface area contributed by atoms with Gasteiger partial charge in [0.1, 0.15) is 17.2 Å². The van der Waals surface area contributed by atoms with Crippen LogP contribution in [0.25, 0.3) is 0 Å². The Labute approximate surface area is 176 Å². The van der Waals surface area contributed by atoms with Gasteiger partial charge >= 0.3 is 0 Å². The minimum Gasteiger partial charge on any atom is -0.494 e. The van der Waals surface area contributed by atoms with Crippen LogP contribution in [0, 0.1) is 0 Å². The average molecular weight is 412 g/mol. The highest BCUT2D eigenvalue weighted by Crippen LogP contribution is 2.17. The third kappa shape index (κ3) is 6.69. The van der Waals surface area contributed by atoms with Crippen LogP contribution in [0.2, 0.25) is 0 Å². The van der Waals surface area contributed by atoms with Crippen molar-refractivity contribution >= 4 is 11.8 Å². The molecule has 0 saturated carbocycles. The van der Waals surface area contributed by atoms with Gasteiger partial charge in [-0.05, 0) is 56.2 Å². The quantitative estimate of drug-likeness (QED) is 0.685. The van der Waals surface area contributed by atoms with Crippen molar-refractivity contribution in [2.24, 2.45) is 0 Å². The maximum Gasteiger partial charge on any atom is 0.260 e. The van der Waals surface area contributed by atoms with Crippen molar-refractivity contribution in [2.45, 2.75) is 25.8 Å². The summed E-state index contributed by atoms with van der Waals surface area (Å²) in [5.41, 5.74) is 0. The molecule has 0 aromatic heterocycles. The van der Waals surface area contributed by atoms with Gasteiger partial charge in [-0.3, -0.25) is 9.59 Å². The minimum atomic E-state index is -0.166. The SMILES string of the molecule is CCOc1ccc(OCC(=O)NC2CCN(C(=O)COc3ccccc3)CC2)cc1. The lowest BCUT2D eigenvalue weighted by Crippen LogP contribution is -2.48. The van der Waals surface area contributed by atoms with Crippen molar-refractivity contribution in [2.75, 3.05) is 32.9 Å². The van der Waals surface area contributed by atoms with Crippen LogP contribution in [-0.2, 0) is 9.59 Å². The van der Waals surface area contributed by atoms with E-state index in [0.717, 1.165) is 5.75 Å². The van der Waals surface area contributed by atoms with Crippen LogP contribution in [0.15, 0.2) is 54.6 Å². The molecule has 2 amide bonds. The second-order valence-electron chi connectivity index (χ2n) is 7.02. The molecule has 2 aromatic carbocycles. The maximum atomic E-state index is 12.3. The fourth-order valence-electron chi connectivity index (χ4n) is 3.24. The Bertz CT molecular complexity index is 802. The normalized spacial score (nSPS) is 14.1. The molecule has 1 saturated heterocycles. The Morgan fingerprint density at radius 1 is 0.867 bits per heavy atom. The molecule has 0 bridgehead atoms. The van der Waals surface area contributed by atoms with E-state index in [0.29, 0.717) is 44.0 Å². The fourth-order valence-corrected chi connectivity index (χ4v) is 3.24. The zero-order chi connectivity index (χ0) is 21.2. The number of likely N-dealkylation sites (tertiary alicyclic amines) is 1. The van der Waals surface area contributed by atoms with E-state index in [2.05, 4.69) is 5.32 Å². The Morgan fingerprint density at radius 2 is 1.43 bits per heavy atom. The molecule has 160 valence electrons. The van der Waals surface area contributed by atoms with Gasteiger partial charge in [-0.15, -0.1) is 0 Å². The summed E-state index contributed by atoms with van der Waals surface area (Å²) in [6.07, 6.45) is 1.43. The number of para-hydroxylation sites is 1. The van der Waals surface area contributed by atoms with Crippen LogP contribution in [0.1, 0.15) is 19.8 Å². The largest absolute Gasteiger partial charge is 0.494 e. The van der Waals surface area contributed by atoms with E-state index in [1.54, 1.807) is 17.0 Å². The number of hydrogen-bond donors (Lipinski definition) is 1. The highest BCUT2D eigenvalue weighted by Gasteiger charge is 2.24. The first-order valence-corrected chi connectivity index (χ1v) is 10.2. The number of nitrogens with one attached hydrogen (secondary N) is 1. The van der Waals surface area contributed by atoms with E-state index in [4.69, 9.17) is 14.2 Å². The topological polar surface area (TPSA) is 77.1 Å². The molecule has 0 atom stereocenters. The van der Waals surface area contributed by atoms with Crippen LogP contribution in [-0.4, -0.2) is 55.7 Å². The molecule has 1 aliphatic heterocycles. The number of amides is 2. The van der Waals surface area contributed by atoms with Crippen molar-refractivity contribution < 1.29 is 23.8 Å². The molecule has 7 nitrogen and oxygen atoms in total. The molecule has 1 aliphatic rings. The van der Waals surface area contributed by atoms with Gasteiger partial charge < -0.3 is 24.4 Å². The maximum absolute atomic E-state index is 12.3. The van der Waals surface area contributed by atoms with Crippen LogP contribution in [0.3, 0.4) is 0 Å². The Morgan fingerprint density at radius 3 is 2.07 bits per heavy atom. The number of piperidine rings is 1. The summed E-state index contributed by atoms with van der Waals surface area (Å²) in [5, 5.41) is 2.98. The van der Waals surface area contributed by atoms with Crippen molar-refractivity contribution in [3.8, 4) is 17.2 Å². The van der Waals surface area contributed by atoms with Crippen molar-refractivity contribution in [3.05, 3.63) is 54.6 Å². The number of rotatable bonds is 9. The van der Waals surface area contributed by atoms with E-state index in [9.17, 15) is 9.59 Å². The highest BCUT2D eigenvalue weighted by atomic mass is 16.5. The number of ether oxygens (including phenoxy) is 3. The van der Waals surface area contributed by atoms with Gasteiger partial charge in [0.05, 0.1) is 6.61 Å². The summed E-state index contributed by atoms with van der Waals surface area (Å²) < 4.78 is 16.4. The molecule has 0 radical (unpaired) electrons. The molecule has 0 unspecified atom stereocenters. The predicted molar refractivity (Wildman–Crippen MR) is 113 cm³/mol. The van der Waals surface area contributed by atoms with Gasteiger partial charge in [0.15, 0.2) is 13.2 Å². The van der Waals surface area contributed by atoms with Gasteiger partial charge in [0.2, 0.25) is 0 Å². The summed E-state index contributed by atoms with van der Waals surface area (Å²) in [4.78, 5) is 26.3. The second-order valence-corrected chi connectivity index (χ2v) is 7.02. The summed E-state index contributed by atoms with van der Waals surface area (Å²) >= 11 is 0. The number of carbonyl (C=O) groups excluding carboxylic acids is 2. The Kier molecular flexibility index (Phi) is 7.94. The van der Waals surface area contributed by atoms with Crippen molar-refractivity contribution in [1.29, 1.82) is 0 Å². The van der Waals surface area contributed by atoms with E-state index in [1.165, 1.54) is 0 Å². The first kappa shape index (κ1) is 21.5. The second kappa shape index (κ2) is 11.1. The lowest BCUT2D eigenvalue weighted by Gasteiger charge is -2.32. The minimum absolute atomic E-state index is 0.0248. The van der Waals surface area contributed by atoms with Gasteiger partial charge in [-0.2, -0.15) is 0 Å². The summed E-state index contributed by atoms with van der Waals surface area (Å²) in [6, 6.07) is 16.5. The standard InChI is InChI=1S/C23H28N2O5/c1-2-28-20-8-10-21(11-9-20)29-16-22(26)24-18-12-14-25(15-13-18)23(27)17-30-19-6-4-3-5-7-19/h3-11,18H,2,12-17H2,1H3,(H,24,26). The number of carbonyl (C=O) groups is 2. The van der Waals surface area contributed by atoms with Gasteiger partial charge in [-0.1, -0.05) is 18.2 Å². The van der Waals surface area contributed by atoms with Gasteiger partial charge in [-0.25, -0.2) is 0 Å². The molecule has 30 heavy (non-hydrogen) atoms. The van der Waals surface area contributed by atoms with Crippen LogP contribution < -0.4 is 19.5 Å². The number of hydrogen-bond acceptors (Lipinski definition) is 5. The van der Waals surface area contributed by atoms with Crippen molar-refractivity contribution in [3.63, 3.8) is 0 Å². The van der Waals surface area contributed by atoms with Gasteiger partial charge in [0.25, 0.3) is 11.8 Å². The smallest absolute Gasteiger partial charge is 0.260 e. The predicted octanol–water partition coefficient (Wildman–Crippen LogP) is 2.65. The molecular weight excluding hydrogens is 384 g/mol. The molecule has 1 N–H and O–H groups in total. The van der Waals surface area contributed by atoms with E-state index >= 15 is 0 Å². The Hall–Kier alpha value is -3.22. The van der Waals surface area contributed by atoms with E-state index < -0.39 is 0 Å². The molecule has 1 heterocycles. The zero-order valence-corrected chi connectivity index (χ0v) is 17.2. The first-order chi connectivity index (χ1) is 14.6. The molecule has 0 spiro atoms. The summed E-state index contributed by atoms with van der Waals surface area (Å²) in [5.74, 6) is 1.86. The van der Waals surface area contributed by atoms with Gasteiger partial charge in [0, 0.05) is 19.1 Å². The lowest BCUT2D eigenvalue weighted by molar-refractivity contribution is -0.134. The number of nitrogens with zero attached hydrogens (tertiary/aromatic N) is 1. The van der Waals surface area contributed by atoms with E-state index in [-0.39, 0.29) is 31.1 Å². The highest BCUT2D eigenvalue weighted by molar-refractivity contribution is 5.79. The van der Waals surface area contributed by atoms with Crippen LogP contribution in [0.5, 0.6) is 17.2 Å². The molecular formula is C23H28N2O5. The van der Waals surface area contributed by atoms with E-state index in [1.807, 2.05) is 49.4 Å². The molecule has 3 rings (SSSR count). The first-order valence-electron chi connectivity index (χ1n) is 10.2. The van der Waals surface area contributed by atoms with Crippen molar-refractivity contribution in [1.82, 2.24) is 10.2 Å². The monoisotopic (exact) mass is 412 g/mol. The molecule has 2 aromatic rings. The fraction of sp³-hybridized carbons (Fsp3) is 0.391. The molecule has 1 fully saturated rings. The third-order valence-electron chi connectivity index (χ3n) is 4.82. The Balaban J connectivity index is 1.33. The molecule has 7 heteroatoms. The summed E-state index contributed by atoms with van der Waals surface area (Å²) in [7, 11) is 0. The lowest BCUT2D eigenvalue weighted by atomic mass is 10.1. The third-order valence-corrected chi connectivity index (χ3v) is 4.82. The van der Waals surface area contributed by atoms with Crippen LogP contribution in [0.4, 0.5) is 0 Å². The average Bonchev–Trinajstić information content (AvgIpc) is 2.78. The molecule has 0 aliphatic carbocycles. The zero-order valence-electron chi connectivity index (χ0n) is 17.2.